The standard InChI is InChI=1S/C19H24N2O3/c1-3-17(22)20-16-8-6-7-15(11-16)18(23)21-13-19(9-4-5-10-19)24-12-14(21)2/h3,6-8,11,14H,1,4-5,9-10,12-13H2,2H3,(H,20,22). The summed E-state index contributed by atoms with van der Waals surface area (Å²) < 4.78 is 6.08. The summed E-state index contributed by atoms with van der Waals surface area (Å²) in [6, 6.07) is 7.10. The van der Waals surface area contributed by atoms with Gasteiger partial charge in [0, 0.05) is 11.3 Å². The molecule has 2 fully saturated rings. The van der Waals surface area contributed by atoms with Gasteiger partial charge in [-0.05, 0) is 44.0 Å². The van der Waals surface area contributed by atoms with Gasteiger partial charge in [-0.3, -0.25) is 9.59 Å². The molecular weight excluding hydrogens is 304 g/mol. The fraction of sp³-hybridized carbons (Fsp3) is 0.474. The van der Waals surface area contributed by atoms with Crippen LogP contribution in [0, 0.1) is 0 Å². The average Bonchev–Trinajstić information content (AvgIpc) is 3.05. The fourth-order valence-electron chi connectivity index (χ4n) is 3.58. The van der Waals surface area contributed by atoms with E-state index in [4.69, 9.17) is 4.74 Å². The molecule has 0 radical (unpaired) electrons. The van der Waals surface area contributed by atoms with Gasteiger partial charge in [0.25, 0.3) is 5.91 Å². The normalized spacial score (nSPS) is 22.4. The second kappa shape index (κ2) is 6.77. The van der Waals surface area contributed by atoms with E-state index in [2.05, 4.69) is 11.9 Å². The van der Waals surface area contributed by atoms with Gasteiger partial charge in [-0.15, -0.1) is 0 Å². The van der Waals surface area contributed by atoms with Crippen molar-refractivity contribution in [3.05, 3.63) is 42.5 Å². The quantitative estimate of drug-likeness (QED) is 0.868. The predicted octanol–water partition coefficient (Wildman–Crippen LogP) is 2.98. The van der Waals surface area contributed by atoms with Crippen LogP contribution >= 0.6 is 0 Å². The number of morpholine rings is 1. The fourth-order valence-corrected chi connectivity index (χ4v) is 3.58. The smallest absolute Gasteiger partial charge is 0.254 e. The van der Waals surface area contributed by atoms with Crippen LogP contribution in [0.3, 0.4) is 0 Å². The molecule has 1 aromatic rings. The molecule has 5 nitrogen and oxygen atoms in total. The molecule has 5 heteroatoms. The highest BCUT2D eigenvalue weighted by Crippen LogP contribution is 2.37. The number of carbonyl (C=O) groups is 2. The Morgan fingerprint density at radius 3 is 2.83 bits per heavy atom. The number of nitrogens with zero attached hydrogens (tertiary/aromatic N) is 1. The number of anilines is 1. The largest absolute Gasteiger partial charge is 0.371 e. The number of nitrogens with one attached hydrogen (secondary N) is 1. The number of amides is 2. The summed E-state index contributed by atoms with van der Waals surface area (Å²) in [7, 11) is 0. The Labute approximate surface area is 142 Å². The second-order valence-electron chi connectivity index (χ2n) is 6.76. The van der Waals surface area contributed by atoms with Crippen LogP contribution in [0.2, 0.25) is 0 Å². The molecule has 1 N–H and O–H groups in total. The van der Waals surface area contributed by atoms with E-state index in [1.165, 1.54) is 18.9 Å². The highest BCUT2D eigenvalue weighted by atomic mass is 16.5. The van der Waals surface area contributed by atoms with Crippen molar-refractivity contribution in [2.45, 2.75) is 44.2 Å². The minimum atomic E-state index is -0.288. The first-order valence-electron chi connectivity index (χ1n) is 8.51. The van der Waals surface area contributed by atoms with Gasteiger partial charge in [-0.25, -0.2) is 0 Å². The first-order chi connectivity index (χ1) is 11.5. The third kappa shape index (κ3) is 3.36. The van der Waals surface area contributed by atoms with Gasteiger partial charge in [0.05, 0.1) is 24.8 Å². The van der Waals surface area contributed by atoms with Gasteiger partial charge in [0.1, 0.15) is 0 Å². The lowest BCUT2D eigenvalue weighted by molar-refractivity contribution is -0.115. The van der Waals surface area contributed by atoms with Crippen molar-refractivity contribution >= 4 is 17.5 Å². The first kappa shape index (κ1) is 16.7. The summed E-state index contributed by atoms with van der Waals surface area (Å²) in [6.07, 6.45) is 5.60. The molecule has 1 spiro atoms. The molecule has 1 unspecified atom stereocenters. The van der Waals surface area contributed by atoms with Crippen LogP contribution in [0.5, 0.6) is 0 Å². The lowest BCUT2D eigenvalue weighted by Gasteiger charge is -2.44. The maximum absolute atomic E-state index is 13.0. The van der Waals surface area contributed by atoms with Gasteiger partial charge in [-0.1, -0.05) is 25.5 Å². The van der Waals surface area contributed by atoms with Gasteiger partial charge >= 0.3 is 0 Å². The van der Waals surface area contributed by atoms with Crippen LogP contribution in [0.4, 0.5) is 5.69 Å². The van der Waals surface area contributed by atoms with Crippen LogP contribution in [-0.4, -0.2) is 41.5 Å². The summed E-state index contributed by atoms with van der Waals surface area (Å²) >= 11 is 0. The van der Waals surface area contributed by atoms with Gasteiger partial charge < -0.3 is 15.0 Å². The summed E-state index contributed by atoms with van der Waals surface area (Å²) in [6.45, 7) is 6.69. The van der Waals surface area contributed by atoms with Crippen LogP contribution in [0.25, 0.3) is 0 Å². The van der Waals surface area contributed by atoms with Gasteiger partial charge in [0.15, 0.2) is 0 Å². The number of ether oxygens (including phenoxy) is 1. The Morgan fingerprint density at radius 2 is 2.12 bits per heavy atom. The van der Waals surface area contributed by atoms with Crippen molar-refractivity contribution in [2.75, 3.05) is 18.5 Å². The summed E-state index contributed by atoms with van der Waals surface area (Å²) in [4.78, 5) is 26.4. The van der Waals surface area contributed by atoms with Crippen molar-refractivity contribution in [2.24, 2.45) is 0 Å². The molecule has 1 heterocycles. The molecule has 1 aliphatic heterocycles. The summed E-state index contributed by atoms with van der Waals surface area (Å²) in [5, 5.41) is 2.70. The van der Waals surface area contributed by atoms with E-state index in [0.717, 1.165) is 12.8 Å². The van der Waals surface area contributed by atoms with E-state index in [1.54, 1.807) is 24.3 Å². The van der Waals surface area contributed by atoms with E-state index in [0.29, 0.717) is 24.4 Å². The number of hydrogen-bond donors (Lipinski definition) is 1. The minimum absolute atomic E-state index is 0.00761. The summed E-state index contributed by atoms with van der Waals surface area (Å²) in [5.74, 6) is -0.295. The maximum Gasteiger partial charge on any atom is 0.254 e. The zero-order valence-electron chi connectivity index (χ0n) is 14.1. The topological polar surface area (TPSA) is 58.6 Å². The van der Waals surface area contributed by atoms with Crippen LogP contribution in [-0.2, 0) is 9.53 Å². The molecule has 2 aliphatic rings. The third-order valence-corrected chi connectivity index (χ3v) is 4.96. The van der Waals surface area contributed by atoms with Crippen molar-refractivity contribution < 1.29 is 14.3 Å². The second-order valence-corrected chi connectivity index (χ2v) is 6.76. The lowest BCUT2D eigenvalue weighted by atomic mass is 9.97. The minimum Gasteiger partial charge on any atom is -0.371 e. The molecule has 0 bridgehead atoms. The Balaban J connectivity index is 1.78. The van der Waals surface area contributed by atoms with Crippen molar-refractivity contribution in [1.29, 1.82) is 0 Å². The van der Waals surface area contributed by atoms with Crippen LogP contribution < -0.4 is 5.32 Å². The van der Waals surface area contributed by atoms with Crippen molar-refractivity contribution in [3.63, 3.8) is 0 Å². The Morgan fingerprint density at radius 1 is 1.38 bits per heavy atom. The highest BCUT2D eigenvalue weighted by Gasteiger charge is 2.43. The SMILES string of the molecule is C=CC(=O)Nc1cccc(C(=O)N2CC3(CCCC3)OCC2C)c1. The first-order valence-corrected chi connectivity index (χ1v) is 8.51. The van der Waals surface area contributed by atoms with Crippen molar-refractivity contribution in [3.8, 4) is 0 Å². The molecular formula is C19H24N2O3. The number of benzene rings is 1. The molecule has 0 aromatic heterocycles. The molecule has 2 amide bonds. The monoisotopic (exact) mass is 328 g/mol. The van der Waals surface area contributed by atoms with E-state index in [-0.39, 0.29) is 23.5 Å². The van der Waals surface area contributed by atoms with Crippen molar-refractivity contribution in [1.82, 2.24) is 4.90 Å². The molecule has 1 atom stereocenters. The number of hydrogen-bond acceptors (Lipinski definition) is 3. The Bertz CT molecular complexity index is 650. The summed E-state index contributed by atoms with van der Waals surface area (Å²) in [5.41, 5.74) is 1.03. The lowest BCUT2D eigenvalue weighted by Crippen LogP contribution is -2.56. The number of carbonyl (C=O) groups excluding carboxylic acids is 2. The van der Waals surface area contributed by atoms with Gasteiger partial charge in [-0.2, -0.15) is 0 Å². The molecule has 128 valence electrons. The van der Waals surface area contributed by atoms with E-state index in [1.807, 2.05) is 11.8 Å². The van der Waals surface area contributed by atoms with E-state index >= 15 is 0 Å². The van der Waals surface area contributed by atoms with E-state index < -0.39 is 0 Å². The molecule has 1 aliphatic carbocycles. The number of rotatable bonds is 3. The van der Waals surface area contributed by atoms with Gasteiger partial charge in [0.2, 0.25) is 5.91 Å². The molecule has 1 saturated heterocycles. The van der Waals surface area contributed by atoms with E-state index in [9.17, 15) is 9.59 Å². The zero-order chi connectivity index (χ0) is 17.2. The van der Waals surface area contributed by atoms with Crippen LogP contribution in [0.1, 0.15) is 43.0 Å². The molecule has 1 saturated carbocycles. The zero-order valence-corrected chi connectivity index (χ0v) is 14.1. The molecule has 24 heavy (non-hydrogen) atoms. The average molecular weight is 328 g/mol. The molecule has 3 rings (SSSR count). The third-order valence-electron chi connectivity index (χ3n) is 4.96. The highest BCUT2D eigenvalue weighted by molar-refractivity contribution is 6.00. The van der Waals surface area contributed by atoms with Crippen LogP contribution in [0.15, 0.2) is 36.9 Å². The predicted molar refractivity (Wildman–Crippen MR) is 92.9 cm³/mol. The maximum atomic E-state index is 13.0. The Hall–Kier alpha value is -2.14. The Kier molecular flexibility index (Phi) is 4.71. The molecule has 1 aromatic carbocycles.